The van der Waals surface area contributed by atoms with E-state index in [2.05, 4.69) is 10.6 Å². The highest BCUT2D eigenvalue weighted by molar-refractivity contribution is 6.32. The van der Waals surface area contributed by atoms with Crippen LogP contribution in [0.3, 0.4) is 0 Å². The molecule has 0 spiro atoms. The summed E-state index contributed by atoms with van der Waals surface area (Å²) in [5.41, 5.74) is -0.0509. The molecule has 114 valence electrons. The lowest BCUT2D eigenvalue weighted by atomic mass is 10.2. The third kappa shape index (κ3) is 6.09. The Morgan fingerprint density at radius 2 is 2.05 bits per heavy atom. The fourth-order valence-corrected chi connectivity index (χ4v) is 1.70. The summed E-state index contributed by atoms with van der Waals surface area (Å²) < 4.78 is 0. The maximum Gasteiger partial charge on any atom is 0.319 e. The van der Waals surface area contributed by atoms with Crippen LogP contribution < -0.4 is 10.6 Å². The normalized spacial score (nSPS) is 9.95. The number of carboxylic acids is 1. The van der Waals surface area contributed by atoms with Crippen LogP contribution in [0.15, 0.2) is 18.2 Å². The highest BCUT2D eigenvalue weighted by Crippen LogP contribution is 2.27. The van der Waals surface area contributed by atoms with Crippen LogP contribution in [-0.2, 0) is 4.79 Å². The molecule has 1 rings (SSSR count). The van der Waals surface area contributed by atoms with Gasteiger partial charge >= 0.3 is 12.0 Å². The van der Waals surface area contributed by atoms with Crippen molar-refractivity contribution in [3.63, 3.8) is 0 Å². The Labute approximate surface area is 125 Å². The standard InChI is InChI=1S/C12H14ClN3O5/c13-9-5-4-8(7-10(9)16(20)21)15-12(19)14-6-2-1-3-11(17)18/h4-5,7H,1-3,6H2,(H,17,18)(H2,14,15,19). The molecule has 0 heterocycles. The van der Waals surface area contributed by atoms with Crippen molar-refractivity contribution in [1.29, 1.82) is 0 Å². The number of halogens is 1. The topological polar surface area (TPSA) is 122 Å². The Balaban J connectivity index is 2.43. The summed E-state index contributed by atoms with van der Waals surface area (Å²) in [4.78, 5) is 31.9. The van der Waals surface area contributed by atoms with Gasteiger partial charge in [0.15, 0.2) is 0 Å². The van der Waals surface area contributed by atoms with Gasteiger partial charge in [-0.25, -0.2) is 4.79 Å². The van der Waals surface area contributed by atoms with Crippen molar-refractivity contribution < 1.29 is 19.6 Å². The SMILES string of the molecule is O=C(O)CCCCNC(=O)Nc1ccc(Cl)c([N+](=O)[O-])c1. The predicted octanol–water partition coefficient (Wildman–Crippen LogP) is 2.62. The van der Waals surface area contributed by atoms with Gasteiger partial charge in [0.2, 0.25) is 0 Å². The largest absolute Gasteiger partial charge is 0.481 e. The van der Waals surface area contributed by atoms with E-state index in [0.717, 1.165) is 6.07 Å². The fourth-order valence-electron chi connectivity index (χ4n) is 1.51. The van der Waals surface area contributed by atoms with Crippen molar-refractivity contribution in [2.75, 3.05) is 11.9 Å². The van der Waals surface area contributed by atoms with Gasteiger partial charge in [-0.3, -0.25) is 14.9 Å². The summed E-state index contributed by atoms with van der Waals surface area (Å²) in [5.74, 6) is -0.882. The molecule has 2 amide bonds. The van der Waals surface area contributed by atoms with Crippen LogP contribution in [0.2, 0.25) is 5.02 Å². The lowest BCUT2D eigenvalue weighted by molar-refractivity contribution is -0.384. The Bertz CT molecular complexity index is 550. The highest BCUT2D eigenvalue weighted by Gasteiger charge is 2.13. The van der Waals surface area contributed by atoms with Crippen LogP contribution in [-0.4, -0.2) is 28.6 Å². The van der Waals surface area contributed by atoms with E-state index in [1.165, 1.54) is 12.1 Å². The van der Waals surface area contributed by atoms with E-state index in [-0.39, 0.29) is 22.8 Å². The second kappa shape index (κ2) is 8.05. The molecule has 0 aliphatic carbocycles. The van der Waals surface area contributed by atoms with Crippen LogP contribution in [0.25, 0.3) is 0 Å². The summed E-state index contributed by atoms with van der Waals surface area (Å²) in [6, 6.07) is 3.40. The van der Waals surface area contributed by atoms with E-state index in [1.54, 1.807) is 0 Å². The first kappa shape index (κ1) is 16.7. The van der Waals surface area contributed by atoms with Gasteiger partial charge < -0.3 is 15.7 Å². The van der Waals surface area contributed by atoms with Crippen LogP contribution in [0, 0.1) is 10.1 Å². The Morgan fingerprint density at radius 1 is 1.33 bits per heavy atom. The first-order valence-corrected chi connectivity index (χ1v) is 6.48. The van der Waals surface area contributed by atoms with Crippen LogP contribution >= 0.6 is 11.6 Å². The number of carbonyl (C=O) groups excluding carboxylic acids is 1. The van der Waals surface area contributed by atoms with Gasteiger partial charge in [-0.2, -0.15) is 0 Å². The number of carbonyl (C=O) groups is 2. The number of nitro benzene ring substituents is 1. The lowest BCUT2D eigenvalue weighted by Crippen LogP contribution is -2.29. The zero-order valence-electron chi connectivity index (χ0n) is 11.0. The molecule has 0 bridgehead atoms. The monoisotopic (exact) mass is 315 g/mol. The molecule has 1 aromatic carbocycles. The van der Waals surface area contributed by atoms with Crippen molar-refractivity contribution in [3.05, 3.63) is 33.3 Å². The number of rotatable bonds is 7. The Hall–Kier alpha value is -2.35. The Morgan fingerprint density at radius 3 is 2.67 bits per heavy atom. The number of unbranched alkanes of at least 4 members (excludes halogenated alkanes) is 1. The molecule has 0 fully saturated rings. The average molecular weight is 316 g/mol. The van der Waals surface area contributed by atoms with Gasteiger partial charge in [-0.15, -0.1) is 0 Å². The number of amides is 2. The minimum atomic E-state index is -0.882. The smallest absolute Gasteiger partial charge is 0.319 e. The van der Waals surface area contributed by atoms with E-state index in [1.807, 2.05) is 0 Å². The van der Waals surface area contributed by atoms with Gasteiger partial charge in [0.05, 0.1) is 4.92 Å². The summed E-state index contributed by atoms with van der Waals surface area (Å²) in [6.07, 6.45) is 1.04. The van der Waals surface area contributed by atoms with Crippen molar-refractivity contribution in [2.45, 2.75) is 19.3 Å². The van der Waals surface area contributed by atoms with Gasteiger partial charge in [0, 0.05) is 24.7 Å². The predicted molar refractivity (Wildman–Crippen MR) is 76.6 cm³/mol. The zero-order valence-corrected chi connectivity index (χ0v) is 11.7. The molecule has 8 nitrogen and oxygen atoms in total. The number of nitrogens with zero attached hydrogens (tertiary/aromatic N) is 1. The Kier molecular flexibility index (Phi) is 6.41. The molecule has 0 saturated heterocycles. The molecule has 3 N–H and O–H groups in total. The van der Waals surface area contributed by atoms with E-state index >= 15 is 0 Å². The van der Waals surface area contributed by atoms with Gasteiger partial charge in [-0.05, 0) is 25.0 Å². The molecule has 0 saturated carbocycles. The van der Waals surface area contributed by atoms with Crippen LogP contribution in [0.4, 0.5) is 16.2 Å². The number of nitrogens with one attached hydrogen (secondary N) is 2. The molecular formula is C12H14ClN3O5. The quantitative estimate of drug-likeness (QED) is 0.405. The first-order chi connectivity index (χ1) is 9.90. The number of nitro groups is 1. The summed E-state index contributed by atoms with van der Waals surface area (Å²) >= 11 is 5.65. The van der Waals surface area contributed by atoms with E-state index in [0.29, 0.717) is 19.4 Å². The summed E-state index contributed by atoms with van der Waals surface area (Å²) in [6.45, 7) is 0.314. The maximum atomic E-state index is 11.5. The second-order valence-corrected chi connectivity index (χ2v) is 4.56. The van der Waals surface area contributed by atoms with Crippen molar-refractivity contribution >= 4 is 35.0 Å². The van der Waals surface area contributed by atoms with Crippen molar-refractivity contribution in [2.24, 2.45) is 0 Å². The van der Waals surface area contributed by atoms with E-state index in [4.69, 9.17) is 16.7 Å². The molecule has 0 atom stereocenters. The zero-order chi connectivity index (χ0) is 15.8. The number of hydrogen-bond donors (Lipinski definition) is 3. The number of anilines is 1. The molecule has 0 aliphatic heterocycles. The lowest BCUT2D eigenvalue weighted by Gasteiger charge is -2.07. The minimum absolute atomic E-state index is 0.0142. The summed E-state index contributed by atoms with van der Waals surface area (Å²) in [7, 11) is 0. The van der Waals surface area contributed by atoms with Crippen molar-refractivity contribution in [3.8, 4) is 0 Å². The number of benzene rings is 1. The summed E-state index contributed by atoms with van der Waals surface area (Å²) in [5, 5.41) is 24.1. The molecule has 9 heteroatoms. The van der Waals surface area contributed by atoms with Crippen LogP contribution in [0.5, 0.6) is 0 Å². The highest BCUT2D eigenvalue weighted by atomic mass is 35.5. The van der Waals surface area contributed by atoms with E-state index < -0.39 is 16.9 Å². The number of hydrogen-bond acceptors (Lipinski definition) is 4. The third-order valence-corrected chi connectivity index (χ3v) is 2.82. The van der Waals surface area contributed by atoms with E-state index in [9.17, 15) is 19.7 Å². The van der Waals surface area contributed by atoms with Gasteiger partial charge in [-0.1, -0.05) is 11.6 Å². The number of urea groups is 1. The van der Waals surface area contributed by atoms with Crippen LogP contribution in [0.1, 0.15) is 19.3 Å². The molecule has 21 heavy (non-hydrogen) atoms. The molecule has 0 unspecified atom stereocenters. The third-order valence-electron chi connectivity index (χ3n) is 2.50. The molecule has 0 aliphatic rings. The van der Waals surface area contributed by atoms with Crippen molar-refractivity contribution in [1.82, 2.24) is 5.32 Å². The average Bonchev–Trinajstić information content (AvgIpc) is 2.40. The number of aliphatic carboxylic acids is 1. The minimum Gasteiger partial charge on any atom is -0.481 e. The molecular weight excluding hydrogens is 302 g/mol. The molecule has 0 radical (unpaired) electrons. The van der Waals surface area contributed by atoms with Gasteiger partial charge in [0.1, 0.15) is 5.02 Å². The molecule has 0 aromatic heterocycles. The maximum absolute atomic E-state index is 11.5. The number of carboxylic acid groups (broad SMARTS) is 1. The fraction of sp³-hybridized carbons (Fsp3) is 0.333. The second-order valence-electron chi connectivity index (χ2n) is 4.16. The van der Waals surface area contributed by atoms with Gasteiger partial charge in [0.25, 0.3) is 5.69 Å². The first-order valence-electron chi connectivity index (χ1n) is 6.10. The molecule has 1 aromatic rings.